The zero-order chi connectivity index (χ0) is 26.9. The van der Waals surface area contributed by atoms with Gasteiger partial charge in [-0.2, -0.15) is 5.26 Å². The van der Waals surface area contributed by atoms with E-state index in [1.54, 1.807) is 67.8 Å². The van der Waals surface area contributed by atoms with Crippen molar-refractivity contribution in [2.24, 2.45) is 10.9 Å². The van der Waals surface area contributed by atoms with Crippen molar-refractivity contribution in [3.05, 3.63) is 96.0 Å². The number of para-hydroxylation sites is 1. The molecular weight excluding hydrogens is 498 g/mol. The Labute approximate surface area is 225 Å². The van der Waals surface area contributed by atoms with Gasteiger partial charge in [-0.15, -0.1) is 0 Å². The molecule has 0 aliphatic carbocycles. The van der Waals surface area contributed by atoms with Gasteiger partial charge < -0.3 is 15.4 Å². The molecule has 0 bridgehead atoms. The number of hydrogen-bond acceptors (Lipinski definition) is 7. The molecule has 1 aromatic heterocycles. The molecule has 8 nitrogen and oxygen atoms in total. The van der Waals surface area contributed by atoms with Gasteiger partial charge in [-0.3, -0.25) is 14.6 Å². The Bertz CT molecular complexity index is 1380. The van der Waals surface area contributed by atoms with Crippen molar-refractivity contribution in [3.8, 4) is 11.8 Å². The van der Waals surface area contributed by atoms with Crippen LogP contribution in [0, 0.1) is 17.2 Å². The molecule has 38 heavy (non-hydrogen) atoms. The molecule has 4 rings (SSSR count). The summed E-state index contributed by atoms with van der Waals surface area (Å²) in [6.45, 7) is 4.22. The Balaban J connectivity index is 1.56. The normalized spacial score (nSPS) is 16.7. The lowest BCUT2D eigenvalue weighted by atomic mass is 9.79. The van der Waals surface area contributed by atoms with Gasteiger partial charge in [-0.25, -0.2) is 4.99 Å². The number of nitrogens with zero attached hydrogens (tertiary/aromatic N) is 3. The molecule has 9 heteroatoms. The highest BCUT2D eigenvalue weighted by Crippen LogP contribution is 2.41. The summed E-state index contributed by atoms with van der Waals surface area (Å²) >= 11 is 1.20. The molecule has 2 atom stereocenters. The lowest BCUT2D eigenvalue weighted by Gasteiger charge is -2.30. The fraction of sp³-hybridized carbons (Fsp3) is 0.207. The highest BCUT2D eigenvalue weighted by atomic mass is 32.2. The van der Waals surface area contributed by atoms with Crippen LogP contribution in [0.15, 0.2) is 95.4 Å². The fourth-order valence-corrected chi connectivity index (χ4v) is 5.10. The zero-order valence-corrected chi connectivity index (χ0v) is 21.9. The number of ether oxygens (including phenoxy) is 1. The second kappa shape index (κ2) is 12.7. The second-order valence-corrected chi connectivity index (χ2v) is 9.42. The molecule has 192 valence electrons. The van der Waals surface area contributed by atoms with Gasteiger partial charge >= 0.3 is 0 Å². The Hall–Kier alpha value is -4.42. The predicted molar refractivity (Wildman–Crippen MR) is 150 cm³/mol. The van der Waals surface area contributed by atoms with E-state index < -0.39 is 11.8 Å². The molecule has 3 aromatic rings. The number of nitrogens with one attached hydrogen (secondary N) is 2. The Kier molecular flexibility index (Phi) is 8.90. The van der Waals surface area contributed by atoms with Gasteiger partial charge in [-0.05, 0) is 67.9 Å². The quantitative estimate of drug-likeness (QED) is 0.407. The average Bonchev–Trinajstić information content (AvgIpc) is 2.93. The molecular formula is C29H27N5O3S. The number of carbonyl (C=O) groups excluding carboxylic acids is 2. The number of amides is 2. The Morgan fingerprint density at radius 2 is 1.68 bits per heavy atom. The minimum absolute atomic E-state index is 0.0616. The molecule has 2 unspecified atom stereocenters. The molecule has 1 aliphatic rings. The van der Waals surface area contributed by atoms with Crippen LogP contribution in [0.25, 0.3) is 0 Å². The number of carbonyl (C=O) groups is 2. The van der Waals surface area contributed by atoms with Crippen LogP contribution in [0.3, 0.4) is 0 Å². The molecule has 0 radical (unpaired) electrons. The molecule has 1 aliphatic heterocycles. The average molecular weight is 526 g/mol. The monoisotopic (exact) mass is 525 g/mol. The van der Waals surface area contributed by atoms with Crippen molar-refractivity contribution < 1.29 is 14.3 Å². The first-order chi connectivity index (χ1) is 18.5. The molecule has 0 spiro atoms. The van der Waals surface area contributed by atoms with Crippen LogP contribution in [-0.4, -0.2) is 34.2 Å². The smallest absolute Gasteiger partial charge is 0.254 e. The first-order valence-electron chi connectivity index (χ1n) is 12.1. The van der Waals surface area contributed by atoms with Crippen LogP contribution in [0.1, 0.15) is 25.3 Å². The number of thioether (sulfide) groups is 1. The number of anilines is 2. The number of hydrogen-bond donors (Lipinski definition) is 2. The van der Waals surface area contributed by atoms with E-state index in [4.69, 9.17) is 4.74 Å². The highest BCUT2D eigenvalue weighted by Gasteiger charge is 2.39. The molecule has 2 amide bonds. The summed E-state index contributed by atoms with van der Waals surface area (Å²) in [5.74, 6) is -1.08. The molecule has 2 aromatic carbocycles. The van der Waals surface area contributed by atoms with E-state index in [1.807, 2.05) is 25.1 Å². The topological polar surface area (TPSA) is 116 Å². The molecule has 2 N–H and O–H groups in total. The molecule has 0 saturated carbocycles. The van der Waals surface area contributed by atoms with Gasteiger partial charge in [0.2, 0.25) is 5.91 Å². The van der Waals surface area contributed by atoms with Gasteiger partial charge in [0, 0.05) is 41.0 Å². The highest BCUT2D eigenvalue weighted by molar-refractivity contribution is 8.14. The number of aromatic nitrogens is 1. The Morgan fingerprint density at radius 3 is 2.34 bits per heavy atom. The van der Waals surface area contributed by atoms with Gasteiger partial charge in [0.1, 0.15) is 11.7 Å². The van der Waals surface area contributed by atoms with Crippen molar-refractivity contribution in [3.63, 3.8) is 0 Å². The maximum atomic E-state index is 13.4. The maximum Gasteiger partial charge on any atom is 0.254 e. The van der Waals surface area contributed by atoms with E-state index in [0.29, 0.717) is 34.3 Å². The van der Waals surface area contributed by atoms with E-state index in [2.05, 4.69) is 26.7 Å². The fourth-order valence-electron chi connectivity index (χ4n) is 4.17. The van der Waals surface area contributed by atoms with Crippen LogP contribution in [0.2, 0.25) is 0 Å². The molecule has 0 saturated heterocycles. The van der Waals surface area contributed by atoms with E-state index in [1.165, 1.54) is 11.8 Å². The zero-order valence-electron chi connectivity index (χ0n) is 21.0. The number of pyridine rings is 1. The van der Waals surface area contributed by atoms with E-state index in [9.17, 15) is 14.9 Å². The summed E-state index contributed by atoms with van der Waals surface area (Å²) in [6.07, 6.45) is 3.27. The van der Waals surface area contributed by atoms with Crippen LogP contribution in [-0.2, 0) is 9.59 Å². The van der Waals surface area contributed by atoms with Crippen molar-refractivity contribution >= 4 is 40.0 Å². The van der Waals surface area contributed by atoms with E-state index in [-0.39, 0.29) is 17.6 Å². The van der Waals surface area contributed by atoms with E-state index in [0.717, 1.165) is 11.3 Å². The number of allylic oxidation sites excluding steroid dienone is 1. The number of nitriles is 1. The summed E-state index contributed by atoms with van der Waals surface area (Å²) in [6, 6.07) is 22.2. The van der Waals surface area contributed by atoms with Crippen molar-refractivity contribution in [1.29, 1.82) is 5.26 Å². The summed E-state index contributed by atoms with van der Waals surface area (Å²) in [4.78, 5) is 34.8. The first kappa shape index (κ1) is 26.6. The lowest BCUT2D eigenvalue weighted by molar-refractivity contribution is -0.114. The number of aliphatic imine (C=N–C) groups is 1. The minimum Gasteiger partial charge on any atom is -0.494 e. The van der Waals surface area contributed by atoms with Crippen molar-refractivity contribution in [2.75, 3.05) is 23.0 Å². The Morgan fingerprint density at radius 1 is 1.00 bits per heavy atom. The first-order valence-corrected chi connectivity index (χ1v) is 13.1. The van der Waals surface area contributed by atoms with Crippen LogP contribution in [0.5, 0.6) is 5.75 Å². The third kappa shape index (κ3) is 6.47. The van der Waals surface area contributed by atoms with Gasteiger partial charge in [-0.1, -0.05) is 30.0 Å². The number of rotatable bonds is 8. The maximum absolute atomic E-state index is 13.4. The summed E-state index contributed by atoms with van der Waals surface area (Å²) in [7, 11) is 0. The lowest BCUT2D eigenvalue weighted by Crippen LogP contribution is -2.31. The van der Waals surface area contributed by atoms with Crippen LogP contribution >= 0.6 is 11.8 Å². The van der Waals surface area contributed by atoms with Crippen molar-refractivity contribution in [1.82, 2.24) is 4.98 Å². The molecule has 2 heterocycles. The van der Waals surface area contributed by atoms with Crippen LogP contribution in [0.4, 0.5) is 11.4 Å². The van der Waals surface area contributed by atoms with E-state index >= 15 is 0 Å². The summed E-state index contributed by atoms with van der Waals surface area (Å²) in [5, 5.41) is 16.5. The molecule has 0 fully saturated rings. The minimum atomic E-state index is -0.749. The van der Waals surface area contributed by atoms with Crippen LogP contribution < -0.4 is 15.4 Å². The summed E-state index contributed by atoms with van der Waals surface area (Å²) in [5.41, 5.74) is 2.98. The third-order valence-electron chi connectivity index (χ3n) is 5.86. The van der Waals surface area contributed by atoms with Crippen molar-refractivity contribution in [2.45, 2.75) is 19.8 Å². The van der Waals surface area contributed by atoms with Gasteiger partial charge in [0.25, 0.3) is 5.91 Å². The number of benzene rings is 2. The third-order valence-corrected chi connectivity index (χ3v) is 6.91. The predicted octanol–water partition coefficient (Wildman–Crippen LogP) is 5.40. The van der Waals surface area contributed by atoms with Gasteiger partial charge in [0.15, 0.2) is 0 Å². The largest absolute Gasteiger partial charge is 0.494 e. The SMILES string of the molecule is CCOc1ccc(NC(=O)CSC2=NC(C)=C(C(=O)Nc3ccccc3)C(c3ccncc3)C2C#N)cc1. The standard InChI is InChI=1S/C29H27N5O3S/c1-3-37-23-11-9-22(10-12-23)33-25(35)18-38-29-24(17-30)27(20-13-15-31-16-14-20)26(19(2)32-29)28(36)34-21-7-5-4-6-8-21/h4-16,24,27H,3,18H2,1-2H3,(H,33,35)(H,34,36). The summed E-state index contributed by atoms with van der Waals surface area (Å²) < 4.78 is 5.43. The van der Waals surface area contributed by atoms with Gasteiger partial charge in [0.05, 0.1) is 23.5 Å². The second-order valence-electron chi connectivity index (χ2n) is 8.43.